The molecule has 4 nitrogen and oxygen atoms in total. The number of nitrogens with zero attached hydrogens (tertiary/aromatic N) is 2. The Balaban J connectivity index is 0.00000261. The van der Waals surface area contributed by atoms with Gasteiger partial charge in [-0.15, -0.1) is 12.4 Å². The molecule has 8 heteroatoms. The van der Waals surface area contributed by atoms with Gasteiger partial charge in [0.05, 0.1) is 14.9 Å². The number of sulfonamides is 1. The highest BCUT2D eigenvalue weighted by molar-refractivity contribution is 7.89. The van der Waals surface area contributed by atoms with Gasteiger partial charge in [0.25, 0.3) is 0 Å². The molecule has 0 aliphatic carbocycles. The first-order valence-electron chi connectivity index (χ1n) is 9.33. The average Bonchev–Trinajstić information content (AvgIpc) is 2.55. The zero-order valence-electron chi connectivity index (χ0n) is 16.1. The predicted octanol–water partition coefficient (Wildman–Crippen LogP) is 4.79. The molecule has 0 aromatic heterocycles. The summed E-state index contributed by atoms with van der Waals surface area (Å²) in [6, 6.07) is 4.56. The van der Waals surface area contributed by atoms with Crippen LogP contribution in [0.1, 0.15) is 33.6 Å². The van der Waals surface area contributed by atoms with Crippen LogP contribution in [-0.4, -0.2) is 50.3 Å². The number of likely N-dealkylation sites (tertiary alicyclic amines) is 1. The Bertz CT molecular complexity index is 752. The molecule has 0 radical (unpaired) electrons. The van der Waals surface area contributed by atoms with Crippen molar-refractivity contribution in [3.63, 3.8) is 0 Å². The van der Waals surface area contributed by atoms with Crippen molar-refractivity contribution in [2.45, 2.75) is 38.5 Å². The lowest BCUT2D eigenvalue weighted by atomic mass is 9.64. The molecule has 1 aromatic carbocycles. The van der Waals surface area contributed by atoms with Gasteiger partial charge in [0.15, 0.2) is 0 Å². The molecule has 2 atom stereocenters. The number of halogens is 3. The van der Waals surface area contributed by atoms with E-state index in [1.54, 1.807) is 16.4 Å². The van der Waals surface area contributed by atoms with Crippen LogP contribution in [0, 0.1) is 17.3 Å². The minimum absolute atomic E-state index is 0. The fourth-order valence-electron chi connectivity index (χ4n) is 4.20. The lowest BCUT2D eigenvalue weighted by Gasteiger charge is -2.55. The molecule has 0 saturated carbocycles. The third-order valence-corrected chi connectivity index (χ3v) is 8.83. The molecule has 2 aliphatic heterocycles. The maximum Gasteiger partial charge on any atom is 0.243 e. The Morgan fingerprint density at radius 1 is 1.07 bits per heavy atom. The van der Waals surface area contributed by atoms with Crippen LogP contribution in [0.2, 0.25) is 10.0 Å². The van der Waals surface area contributed by atoms with E-state index in [0.717, 1.165) is 19.6 Å². The van der Waals surface area contributed by atoms with E-state index in [9.17, 15) is 8.42 Å². The van der Waals surface area contributed by atoms with Crippen molar-refractivity contribution in [1.29, 1.82) is 0 Å². The number of rotatable bonds is 5. The molecule has 27 heavy (non-hydrogen) atoms. The van der Waals surface area contributed by atoms with Gasteiger partial charge in [-0.05, 0) is 48.4 Å². The largest absolute Gasteiger partial charge is 0.303 e. The minimum atomic E-state index is -3.56. The minimum Gasteiger partial charge on any atom is -0.303 e. The van der Waals surface area contributed by atoms with Crippen LogP contribution >= 0.6 is 35.6 Å². The van der Waals surface area contributed by atoms with Crippen LogP contribution in [0.15, 0.2) is 23.1 Å². The van der Waals surface area contributed by atoms with Crippen molar-refractivity contribution in [3.8, 4) is 0 Å². The lowest BCUT2D eigenvalue weighted by Crippen LogP contribution is -2.62. The topological polar surface area (TPSA) is 40.6 Å². The van der Waals surface area contributed by atoms with E-state index in [-0.39, 0.29) is 27.7 Å². The summed E-state index contributed by atoms with van der Waals surface area (Å²) in [7, 11) is -3.56. The van der Waals surface area contributed by atoms with Gasteiger partial charge >= 0.3 is 0 Å². The van der Waals surface area contributed by atoms with Crippen LogP contribution < -0.4 is 0 Å². The van der Waals surface area contributed by atoms with Crippen molar-refractivity contribution in [2.75, 3.05) is 32.7 Å². The first kappa shape index (κ1) is 23.2. The van der Waals surface area contributed by atoms with Gasteiger partial charge in [-0.3, -0.25) is 0 Å². The average molecular weight is 456 g/mol. The van der Waals surface area contributed by atoms with Gasteiger partial charge in [-0.1, -0.05) is 50.4 Å². The molecular formula is C19H29Cl3N2O2S. The van der Waals surface area contributed by atoms with Crippen LogP contribution in [0.3, 0.4) is 0 Å². The predicted molar refractivity (Wildman–Crippen MR) is 115 cm³/mol. The highest BCUT2D eigenvalue weighted by atomic mass is 35.5. The number of fused-ring (bicyclic) bond motifs is 2. The first-order chi connectivity index (χ1) is 12.2. The van der Waals surface area contributed by atoms with Gasteiger partial charge in [0.1, 0.15) is 0 Å². The van der Waals surface area contributed by atoms with Crippen molar-refractivity contribution < 1.29 is 8.42 Å². The molecule has 0 amide bonds. The molecule has 154 valence electrons. The molecular weight excluding hydrogens is 427 g/mol. The molecule has 2 heterocycles. The van der Waals surface area contributed by atoms with E-state index in [2.05, 4.69) is 25.7 Å². The van der Waals surface area contributed by atoms with E-state index in [1.165, 1.54) is 18.9 Å². The van der Waals surface area contributed by atoms with E-state index in [1.807, 2.05) is 0 Å². The highest BCUT2D eigenvalue weighted by Crippen LogP contribution is 2.45. The molecule has 2 aliphatic rings. The molecule has 2 fully saturated rings. The smallest absolute Gasteiger partial charge is 0.243 e. The number of unbranched alkanes of at least 4 members (excludes halogenated alkanes) is 1. The summed E-state index contributed by atoms with van der Waals surface area (Å²) in [5.41, 5.74) is 0.159. The molecule has 0 spiro atoms. The number of hydrogen-bond donors (Lipinski definition) is 0. The molecule has 2 bridgehead atoms. The maximum absolute atomic E-state index is 13.2. The quantitative estimate of drug-likeness (QED) is 0.640. The van der Waals surface area contributed by atoms with E-state index >= 15 is 0 Å². The highest BCUT2D eigenvalue weighted by Gasteiger charge is 2.49. The summed E-state index contributed by atoms with van der Waals surface area (Å²) in [6.07, 6.45) is 2.39. The normalized spacial score (nSPS) is 25.8. The molecule has 0 N–H and O–H groups in total. The van der Waals surface area contributed by atoms with E-state index < -0.39 is 10.0 Å². The molecule has 3 rings (SSSR count). The molecule has 1 aromatic rings. The third-order valence-electron chi connectivity index (χ3n) is 6.27. The summed E-state index contributed by atoms with van der Waals surface area (Å²) >= 11 is 12.0. The second-order valence-corrected chi connectivity index (χ2v) is 11.0. The zero-order chi connectivity index (χ0) is 19.1. The van der Waals surface area contributed by atoms with Crippen molar-refractivity contribution in [2.24, 2.45) is 17.3 Å². The van der Waals surface area contributed by atoms with Gasteiger partial charge < -0.3 is 4.90 Å². The standard InChI is InChI=1S/C19H28Cl2N2O2S.ClH/c1-4-5-8-22-10-14-12-23(13-15(11-22)19(14,2)3)26(24,25)16-6-7-17(20)18(21)9-16;/h6-7,9,14-15H,4-5,8,10-13H2,1-3H3;1H. The summed E-state index contributed by atoms with van der Waals surface area (Å²) in [5, 5.41) is 0.643. The van der Waals surface area contributed by atoms with Crippen molar-refractivity contribution in [3.05, 3.63) is 28.2 Å². The fraction of sp³-hybridized carbons (Fsp3) is 0.684. The summed E-state index contributed by atoms with van der Waals surface area (Å²) in [4.78, 5) is 2.75. The second-order valence-electron chi connectivity index (χ2n) is 8.23. The van der Waals surface area contributed by atoms with Gasteiger partial charge in [0, 0.05) is 26.2 Å². The SMILES string of the molecule is CCCCN1CC2CN(S(=O)(=O)c3ccc(Cl)c(Cl)c3)CC(C1)C2(C)C.Cl. The first-order valence-corrected chi connectivity index (χ1v) is 11.5. The summed E-state index contributed by atoms with van der Waals surface area (Å²) < 4.78 is 28.0. The van der Waals surface area contributed by atoms with Gasteiger partial charge in [-0.2, -0.15) is 4.31 Å². The third kappa shape index (κ3) is 4.59. The van der Waals surface area contributed by atoms with Crippen LogP contribution in [0.4, 0.5) is 0 Å². The Hall–Kier alpha value is -0.0400. The Kier molecular flexibility index (Phi) is 7.54. The van der Waals surface area contributed by atoms with Crippen LogP contribution in [-0.2, 0) is 10.0 Å². The fourth-order valence-corrected chi connectivity index (χ4v) is 6.12. The Morgan fingerprint density at radius 2 is 1.67 bits per heavy atom. The number of piperidine rings is 2. The van der Waals surface area contributed by atoms with Crippen LogP contribution in [0.5, 0.6) is 0 Å². The van der Waals surface area contributed by atoms with Gasteiger partial charge in [0.2, 0.25) is 10.0 Å². The number of benzene rings is 1. The van der Waals surface area contributed by atoms with E-state index in [4.69, 9.17) is 23.2 Å². The molecule has 2 saturated heterocycles. The second kappa shape index (κ2) is 8.76. The summed E-state index contributed by atoms with van der Waals surface area (Å²) in [6.45, 7) is 11.0. The maximum atomic E-state index is 13.2. The lowest BCUT2D eigenvalue weighted by molar-refractivity contribution is -0.0493. The van der Waals surface area contributed by atoms with Crippen molar-refractivity contribution in [1.82, 2.24) is 9.21 Å². The van der Waals surface area contributed by atoms with Crippen LogP contribution in [0.25, 0.3) is 0 Å². The zero-order valence-corrected chi connectivity index (χ0v) is 19.3. The Morgan fingerprint density at radius 3 is 2.19 bits per heavy atom. The molecule has 2 unspecified atom stereocenters. The number of hydrogen-bond acceptors (Lipinski definition) is 3. The monoisotopic (exact) mass is 454 g/mol. The van der Waals surface area contributed by atoms with Gasteiger partial charge in [-0.25, -0.2) is 8.42 Å². The van der Waals surface area contributed by atoms with E-state index in [0.29, 0.717) is 29.9 Å². The summed E-state index contributed by atoms with van der Waals surface area (Å²) in [5.74, 6) is 0.675. The Labute approximate surface area is 179 Å². The van der Waals surface area contributed by atoms with Crippen molar-refractivity contribution >= 4 is 45.6 Å².